The summed E-state index contributed by atoms with van der Waals surface area (Å²) >= 11 is 1.47. The molecule has 0 aliphatic carbocycles. The Balaban J connectivity index is 1.60. The lowest BCUT2D eigenvalue weighted by molar-refractivity contribution is 0.0177. The molecule has 1 fully saturated rings. The van der Waals surface area contributed by atoms with Crippen molar-refractivity contribution >= 4 is 17.2 Å². The van der Waals surface area contributed by atoms with Crippen LogP contribution in [-0.2, 0) is 0 Å². The van der Waals surface area contributed by atoms with Crippen LogP contribution in [0.2, 0.25) is 0 Å². The van der Waals surface area contributed by atoms with Crippen LogP contribution in [0.3, 0.4) is 0 Å². The second-order valence-corrected chi connectivity index (χ2v) is 5.98. The fraction of sp³-hybridized carbons (Fsp3) is 0.333. The minimum absolute atomic E-state index is 0.0657. The quantitative estimate of drug-likeness (QED) is 0.872. The molecule has 1 saturated heterocycles. The van der Waals surface area contributed by atoms with E-state index in [4.69, 9.17) is 4.74 Å². The predicted molar refractivity (Wildman–Crippen MR) is 78.3 cm³/mol. The Morgan fingerprint density at radius 2 is 2.00 bits per heavy atom. The average molecular weight is 288 g/mol. The van der Waals surface area contributed by atoms with Gasteiger partial charge in [-0.05, 0) is 26.0 Å². The van der Waals surface area contributed by atoms with Gasteiger partial charge in [-0.2, -0.15) is 0 Å². The lowest BCUT2D eigenvalue weighted by atomic mass is 10.0. The van der Waals surface area contributed by atoms with Gasteiger partial charge in [0.05, 0.1) is 13.1 Å². The van der Waals surface area contributed by atoms with Crippen LogP contribution < -0.4 is 4.74 Å². The Bertz CT molecular complexity index is 599. The van der Waals surface area contributed by atoms with Crippen molar-refractivity contribution in [2.75, 3.05) is 13.1 Å². The molecule has 0 saturated carbocycles. The summed E-state index contributed by atoms with van der Waals surface area (Å²) in [6.07, 6.45) is 1.79. The summed E-state index contributed by atoms with van der Waals surface area (Å²) < 4.78 is 5.67. The monoisotopic (exact) mass is 288 g/mol. The van der Waals surface area contributed by atoms with E-state index in [9.17, 15) is 4.79 Å². The third-order valence-electron chi connectivity index (χ3n) is 3.28. The molecule has 0 bridgehead atoms. The van der Waals surface area contributed by atoms with E-state index in [1.165, 1.54) is 11.3 Å². The van der Waals surface area contributed by atoms with E-state index in [2.05, 4.69) is 11.1 Å². The molecule has 1 aromatic carbocycles. The second-order valence-electron chi connectivity index (χ2n) is 5.12. The van der Waals surface area contributed by atoms with Gasteiger partial charge in [-0.15, -0.1) is 0 Å². The largest absolute Gasteiger partial charge is 0.463 e. The summed E-state index contributed by atoms with van der Waals surface area (Å²) in [6.45, 7) is 5.28. The van der Waals surface area contributed by atoms with Crippen LogP contribution in [0.25, 0.3) is 0 Å². The number of benzene rings is 1. The Morgan fingerprint density at radius 1 is 1.30 bits per heavy atom. The number of rotatable bonds is 3. The summed E-state index contributed by atoms with van der Waals surface area (Å²) in [6, 6.07) is 5.94. The minimum Gasteiger partial charge on any atom is -0.463 e. The molecule has 2 aromatic rings. The van der Waals surface area contributed by atoms with E-state index < -0.39 is 0 Å². The Morgan fingerprint density at radius 3 is 2.60 bits per heavy atom. The number of hydrogen-bond donors (Lipinski definition) is 0. The molecule has 2 heterocycles. The second kappa shape index (κ2) is 5.25. The average Bonchev–Trinajstić information content (AvgIpc) is 2.84. The van der Waals surface area contributed by atoms with Crippen molar-refractivity contribution in [3.05, 3.63) is 46.5 Å². The molecule has 5 heteroatoms. The topological polar surface area (TPSA) is 42.4 Å². The zero-order valence-electron chi connectivity index (χ0n) is 11.5. The van der Waals surface area contributed by atoms with Crippen molar-refractivity contribution in [1.82, 2.24) is 9.88 Å². The van der Waals surface area contributed by atoms with E-state index in [-0.39, 0.29) is 12.0 Å². The van der Waals surface area contributed by atoms with Gasteiger partial charge in [-0.3, -0.25) is 4.79 Å². The number of aryl methyl sites for hydroxylation is 2. The summed E-state index contributed by atoms with van der Waals surface area (Å²) in [5, 5.41) is 2.56. The van der Waals surface area contributed by atoms with Gasteiger partial charge >= 0.3 is 0 Å². The first-order valence-electron chi connectivity index (χ1n) is 6.55. The molecule has 1 aliphatic heterocycles. The van der Waals surface area contributed by atoms with Crippen LogP contribution in [0, 0.1) is 13.8 Å². The van der Waals surface area contributed by atoms with Crippen LogP contribution >= 0.6 is 11.3 Å². The van der Waals surface area contributed by atoms with Crippen LogP contribution in [0.5, 0.6) is 5.19 Å². The summed E-state index contributed by atoms with van der Waals surface area (Å²) in [7, 11) is 0. The lowest BCUT2D eigenvalue weighted by Gasteiger charge is -2.38. The highest BCUT2D eigenvalue weighted by atomic mass is 32.1. The van der Waals surface area contributed by atoms with Gasteiger partial charge in [0, 0.05) is 17.1 Å². The van der Waals surface area contributed by atoms with E-state index in [0.29, 0.717) is 18.3 Å². The van der Waals surface area contributed by atoms with Gasteiger partial charge in [0.15, 0.2) is 0 Å². The van der Waals surface area contributed by atoms with Crippen LogP contribution in [-0.4, -0.2) is 35.0 Å². The molecule has 0 radical (unpaired) electrons. The fourth-order valence-electron chi connectivity index (χ4n) is 2.37. The Labute approximate surface area is 122 Å². The van der Waals surface area contributed by atoms with Gasteiger partial charge in [-0.25, -0.2) is 4.98 Å². The highest BCUT2D eigenvalue weighted by molar-refractivity contribution is 7.11. The molecule has 1 aromatic heterocycles. The molecule has 104 valence electrons. The Kier molecular flexibility index (Phi) is 3.44. The minimum atomic E-state index is 0.0657. The highest BCUT2D eigenvalue weighted by Crippen LogP contribution is 2.22. The van der Waals surface area contributed by atoms with Crippen molar-refractivity contribution in [2.24, 2.45) is 0 Å². The molecule has 1 amide bonds. The maximum absolute atomic E-state index is 12.3. The van der Waals surface area contributed by atoms with E-state index in [1.807, 2.05) is 36.3 Å². The molecule has 0 spiro atoms. The number of likely N-dealkylation sites (tertiary alicyclic amines) is 1. The molecule has 0 unspecified atom stereocenters. The number of nitrogens with zero attached hydrogens (tertiary/aromatic N) is 2. The fourth-order valence-corrected chi connectivity index (χ4v) is 2.92. The highest BCUT2D eigenvalue weighted by Gasteiger charge is 2.33. The van der Waals surface area contributed by atoms with E-state index >= 15 is 0 Å². The van der Waals surface area contributed by atoms with Gasteiger partial charge in [0.25, 0.3) is 11.1 Å². The SMILES string of the molecule is Cc1cc(C)cc(C(=O)N2CC(Oc3nccs3)C2)c1. The van der Waals surface area contributed by atoms with Crippen LogP contribution in [0.1, 0.15) is 21.5 Å². The third kappa shape index (κ3) is 2.67. The molecule has 1 aliphatic rings. The number of hydrogen-bond acceptors (Lipinski definition) is 4. The predicted octanol–water partition coefficient (Wildman–Crippen LogP) is 2.66. The molecule has 3 rings (SSSR count). The maximum Gasteiger partial charge on any atom is 0.273 e. The molecular weight excluding hydrogens is 272 g/mol. The van der Waals surface area contributed by atoms with Crippen LogP contribution in [0.15, 0.2) is 29.8 Å². The normalized spacial score (nSPS) is 15.0. The van der Waals surface area contributed by atoms with Crippen molar-refractivity contribution < 1.29 is 9.53 Å². The van der Waals surface area contributed by atoms with Gasteiger partial charge < -0.3 is 9.64 Å². The van der Waals surface area contributed by atoms with Gasteiger partial charge in [0.1, 0.15) is 6.10 Å². The third-order valence-corrected chi connectivity index (χ3v) is 3.94. The summed E-state index contributed by atoms with van der Waals surface area (Å²) in [4.78, 5) is 18.2. The number of amides is 1. The van der Waals surface area contributed by atoms with Crippen molar-refractivity contribution in [1.29, 1.82) is 0 Å². The van der Waals surface area contributed by atoms with Crippen molar-refractivity contribution in [2.45, 2.75) is 20.0 Å². The number of ether oxygens (including phenoxy) is 1. The smallest absolute Gasteiger partial charge is 0.273 e. The summed E-state index contributed by atoms with van der Waals surface area (Å²) in [5.74, 6) is 0.0794. The van der Waals surface area contributed by atoms with Gasteiger partial charge in [-0.1, -0.05) is 28.5 Å². The van der Waals surface area contributed by atoms with Crippen molar-refractivity contribution in [3.8, 4) is 5.19 Å². The molecule has 0 atom stereocenters. The number of carbonyl (C=O) groups is 1. The standard InChI is InChI=1S/C15H16N2O2S/c1-10-5-11(2)7-12(6-10)14(18)17-8-13(9-17)19-15-16-3-4-20-15/h3-7,13H,8-9H2,1-2H3. The zero-order valence-corrected chi connectivity index (χ0v) is 12.3. The van der Waals surface area contributed by atoms with Gasteiger partial charge in [0.2, 0.25) is 0 Å². The number of thiazole rings is 1. The van der Waals surface area contributed by atoms with E-state index in [0.717, 1.165) is 16.7 Å². The van der Waals surface area contributed by atoms with E-state index in [1.54, 1.807) is 6.20 Å². The van der Waals surface area contributed by atoms with Crippen molar-refractivity contribution in [3.63, 3.8) is 0 Å². The first-order valence-corrected chi connectivity index (χ1v) is 7.43. The molecule has 20 heavy (non-hydrogen) atoms. The molecule has 4 nitrogen and oxygen atoms in total. The first kappa shape index (κ1) is 13.1. The zero-order chi connectivity index (χ0) is 14.1. The molecular formula is C15H16N2O2S. The molecule has 0 N–H and O–H groups in total. The van der Waals surface area contributed by atoms with Crippen LogP contribution in [0.4, 0.5) is 0 Å². The lowest BCUT2D eigenvalue weighted by Crippen LogP contribution is -2.56. The summed E-state index contributed by atoms with van der Waals surface area (Å²) in [5.41, 5.74) is 2.99. The Hall–Kier alpha value is -1.88. The maximum atomic E-state index is 12.3. The first-order chi connectivity index (χ1) is 9.61. The number of carbonyl (C=O) groups excluding carboxylic acids is 1. The number of aromatic nitrogens is 1.